The van der Waals surface area contributed by atoms with Crippen LogP contribution in [0.3, 0.4) is 0 Å². The zero-order valence-corrected chi connectivity index (χ0v) is 20.0. The van der Waals surface area contributed by atoms with Crippen LogP contribution >= 0.6 is 11.8 Å². The molecular formula is C22H26F3NO7S. The van der Waals surface area contributed by atoms with E-state index in [2.05, 4.69) is 4.98 Å². The molecule has 8 nitrogen and oxygen atoms in total. The Balaban J connectivity index is 1.94. The van der Waals surface area contributed by atoms with Gasteiger partial charge >= 0.3 is 24.1 Å². The highest BCUT2D eigenvalue weighted by molar-refractivity contribution is 7.99. The molecule has 2 fully saturated rings. The minimum atomic E-state index is -4.58. The molecule has 1 saturated heterocycles. The number of rotatable bonds is 7. The molecule has 1 aliphatic carbocycles. The van der Waals surface area contributed by atoms with Gasteiger partial charge < -0.3 is 18.9 Å². The van der Waals surface area contributed by atoms with E-state index in [4.69, 9.17) is 18.9 Å². The zero-order valence-electron chi connectivity index (χ0n) is 19.1. The lowest BCUT2D eigenvalue weighted by Crippen LogP contribution is -2.59. The van der Waals surface area contributed by atoms with Crippen LogP contribution in [0.4, 0.5) is 13.2 Å². The van der Waals surface area contributed by atoms with Crippen molar-refractivity contribution in [3.8, 4) is 0 Å². The molecule has 1 aromatic rings. The molecule has 12 heteroatoms. The topological polar surface area (TPSA) is 101 Å². The Hall–Kier alpha value is -2.34. The SMILES string of the molecule is CC(=O)OCC1C[C@](C)(OC(C)=O)C(OC(C)=O)[C@@H](Sc2cnc(C(F)(F)F)c(C3CC3)c2)O1. The number of esters is 3. The van der Waals surface area contributed by atoms with Gasteiger partial charge in [-0.15, -0.1) is 0 Å². The molecule has 188 valence electrons. The molecule has 1 aliphatic heterocycles. The maximum atomic E-state index is 13.4. The lowest BCUT2D eigenvalue weighted by atomic mass is 9.89. The van der Waals surface area contributed by atoms with Crippen molar-refractivity contribution in [1.29, 1.82) is 0 Å². The molecule has 0 N–H and O–H groups in total. The first-order valence-electron chi connectivity index (χ1n) is 10.7. The van der Waals surface area contributed by atoms with Crippen molar-refractivity contribution < 1.29 is 46.5 Å². The molecule has 0 bridgehead atoms. The van der Waals surface area contributed by atoms with Gasteiger partial charge in [-0.05, 0) is 37.3 Å². The van der Waals surface area contributed by atoms with E-state index in [1.54, 1.807) is 6.92 Å². The van der Waals surface area contributed by atoms with E-state index in [9.17, 15) is 27.6 Å². The molecule has 2 aliphatic rings. The average molecular weight is 506 g/mol. The molecule has 0 spiro atoms. The summed E-state index contributed by atoms with van der Waals surface area (Å²) in [7, 11) is 0. The Kier molecular flexibility index (Phi) is 7.81. The maximum absolute atomic E-state index is 13.4. The van der Waals surface area contributed by atoms with Gasteiger partial charge in [0.05, 0.1) is 6.10 Å². The molecule has 2 heterocycles. The van der Waals surface area contributed by atoms with Crippen LogP contribution in [0.1, 0.15) is 64.1 Å². The van der Waals surface area contributed by atoms with E-state index in [0.29, 0.717) is 17.7 Å². The first-order valence-corrected chi connectivity index (χ1v) is 11.6. The van der Waals surface area contributed by atoms with Crippen LogP contribution in [-0.4, -0.2) is 52.7 Å². The summed E-state index contributed by atoms with van der Waals surface area (Å²) in [4.78, 5) is 39.0. The van der Waals surface area contributed by atoms with E-state index in [1.165, 1.54) is 26.8 Å². The molecule has 2 unspecified atom stereocenters. The normalized spacial score (nSPS) is 27.1. The Morgan fingerprint density at radius 2 is 1.85 bits per heavy atom. The van der Waals surface area contributed by atoms with Gasteiger partial charge in [0.1, 0.15) is 17.7 Å². The number of hydrogen-bond donors (Lipinski definition) is 0. The Morgan fingerprint density at radius 3 is 2.38 bits per heavy atom. The number of halogens is 3. The van der Waals surface area contributed by atoms with Gasteiger partial charge in [-0.3, -0.25) is 19.4 Å². The Morgan fingerprint density at radius 1 is 1.18 bits per heavy atom. The third-order valence-electron chi connectivity index (χ3n) is 5.38. The monoisotopic (exact) mass is 505 g/mol. The molecule has 0 amide bonds. The summed E-state index contributed by atoms with van der Waals surface area (Å²) >= 11 is 1.000. The van der Waals surface area contributed by atoms with E-state index in [1.807, 2.05) is 0 Å². The summed E-state index contributed by atoms with van der Waals surface area (Å²) in [5.74, 6) is -2.03. The Bertz CT molecular complexity index is 953. The van der Waals surface area contributed by atoms with E-state index in [0.717, 1.165) is 18.0 Å². The standard InChI is InChI=1S/C22H26F3NO7S/c1-11(27)30-10-15-8-21(4,33-13(3)29)19(31-12(2)28)20(32-15)34-16-7-17(14-5-6-14)18(26-9-16)22(23,24)25/h7,9,14-15,19-20H,5-6,8,10H2,1-4H3/t15?,19?,20-,21+/m1/s1. The van der Waals surface area contributed by atoms with E-state index >= 15 is 0 Å². The second-order valence-electron chi connectivity index (χ2n) is 8.57. The summed E-state index contributed by atoms with van der Waals surface area (Å²) in [6.45, 7) is 5.05. The highest BCUT2D eigenvalue weighted by atomic mass is 32.2. The summed E-state index contributed by atoms with van der Waals surface area (Å²) in [5.41, 5.74) is -3.13. The number of nitrogens with zero attached hydrogens (tertiary/aromatic N) is 1. The fraction of sp³-hybridized carbons (Fsp3) is 0.636. The van der Waals surface area contributed by atoms with Gasteiger partial charge in [-0.25, -0.2) is 0 Å². The lowest BCUT2D eigenvalue weighted by molar-refractivity contribution is -0.224. The predicted molar refractivity (Wildman–Crippen MR) is 113 cm³/mol. The van der Waals surface area contributed by atoms with E-state index in [-0.39, 0.29) is 24.5 Å². The maximum Gasteiger partial charge on any atom is 0.433 e. The molecule has 34 heavy (non-hydrogen) atoms. The highest BCUT2D eigenvalue weighted by Gasteiger charge is 2.52. The van der Waals surface area contributed by atoms with Gasteiger partial charge in [-0.2, -0.15) is 13.2 Å². The summed E-state index contributed by atoms with van der Waals surface area (Å²) < 4.78 is 62.3. The van der Waals surface area contributed by atoms with Crippen LogP contribution in [-0.2, 0) is 39.5 Å². The summed E-state index contributed by atoms with van der Waals surface area (Å²) in [6.07, 6.45) is -3.94. The minimum absolute atomic E-state index is 0.0629. The number of pyridine rings is 1. The van der Waals surface area contributed by atoms with Crippen LogP contribution in [0, 0.1) is 0 Å². The van der Waals surface area contributed by atoms with E-state index < -0.39 is 53.0 Å². The summed E-state index contributed by atoms with van der Waals surface area (Å²) in [5, 5.41) is 0. The molecule has 1 saturated carbocycles. The number of hydrogen-bond acceptors (Lipinski definition) is 9. The number of alkyl halides is 3. The number of thioether (sulfide) groups is 1. The van der Waals surface area contributed by atoms with Crippen molar-refractivity contribution in [1.82, 2.24) is 4.98 Å². The third-order valence-corrected chi connectivity index (χ3v) is 6.47. The van der Waals surface area contributed by atoms with Gasteiger partial charge in [0.15, 0.2) is 11.7 Å². The molecule has 1 aromatic heterocycles. The molecule has 3 rings (SSSR count). The van der Waals surface area contributed by atoms with Gasteiger partial charge in [-0.1, -0.05) is 11.8 Å². The van der Waals surface area contributed by atoms with Crippen molar-refractivity contribution in [2.45, 2.75) is 87.2 Å². The first-order chi connectivity index (χ1) is 15.8. The average Bonchev–Trinajstić information content (AvgIpc) is 3.52. The largest absolute Gasteiger partial charge is 0.463 e. The molecule has 4 atom stereocenters. The smallest absolute Gasteiger partial charge is 0.433 e. The lowest BCUT2D eigenvalue weighted by Gasteiger charge is -2.46. The number of aromatic nitrogens is 1. The van der Waals surface area contributed by atoms with Gasteiger partial charge in [0, 0.05) is 38.3 Å². The van der Waals surface area contributed by atoms with Crippen LogP contribution in [0.15, 0.2) is 17.2 Å². The second kappa shape index (κ2) is 10.1. The summed E-state index contributed by atoms with van der Waals surface area (Å²) in [6, 6.07) is 1.42. The second-order valence-corrected chi connectivity index (χ2v) is 9.74. The van der Waals surface area contributed by atoms with Crippen molar-refractivity contribution in [2.24, 2.45) is 0 Å². The van der Waals surface area contributed by atoms with Crippen molar-refractivity contribution in [3.05, 3.63) is 23.5 Å². The zero-order chi connectivity index (χ0) is 25.3. The highest BCUT2D eigenvalue weighted by Crippen LogP contribution is 2.47. The van der Waals surface area contributed by atoms with Crippen LogP contribution in [0.2, 0.25) is 0 Å². The van der Waals surface area contributed by atoms with Crippen LogP contribution < -0.4 is 0 Å². The number of carbonyl (C=O) groups excluding carboxylic acids is 3. The third kappa shape index (κ3) is 6.62. The van der Waals surface area contributed by atoms with Crippen LogP contribution in [0.25, 0.3) is 0 Å². The fourth-order valence-electron chi connectivity index (χ4n) is 3.95. The Labute approximate surface area is 198 Å². The minimum Gasteiger partial charge on any atom is -0.463 e. The van der Waals surface area contributed by atoms with Crippen molar-refractivity contribution >= 4 is 29.7 Å². The van der Waals surface area contributed by atoms with Gasteiger partial charge in [0.25, 0.3) is 0 Å². The molecule has 0 radical (unpaired) electrons. The molecular weight excluding hydrogens is 479 g/mol. The quantitative estimate of drug-likeness (QED) is 0.402. The van der Waals surface area contributed by atoms with Gasteiger partial charge in [0.2, 0.25) is 0 Å². The van der Waals surface area contributed by atoms with Crippen LogP contribution in [0.5, 0.6) is 0 Å². The molecule has 0 aromatic carbocycles. The first kappa shape index (κ1) is 26.3. The van der Waals surface area contributed by atoms with Crippen molar-refractivity contribution in [3.63, 3.8) is 0 Å². The van der Waals surface area contributed by atoms with Crippen molar-refractivity contribution in [2.75, 3.05) is 6.61 Å². The fourth-order valence-corrected chi connectivity index (χ4v) is 5.21. The number of carbonyl (C=O) groups is 3. The predicted octanol–water partition coefficient (Wildman–Crippen LogP) is 4.00. The number of ether oxygens (including phenoxy) is 4.